The minimum atomic E-state index is -1.02. The molecule has 28 heavy (non-hydrogen) atoms. The highest BCUT2D eigenvalue weighted by Crippen LogP contribution is 2.43. The summed E-state index contributed by atoms with van der Waals surface area (Å²) in [6, 6.07) is 14.2. The Balaban J connectivity index is 2.36. The maximum atomic E-state index is 11.5. The zero-order valence-corrected chi connectivity index (χ0v) is 16.4. The molecule has 4 heteroatoms. The molecular weight excluding hydrogens is 352 g/mol. The van der Waals surface area contributed by atoms with E-state index in [1.165, 1.54) is 6.07 Å². The van der Waals surface area contributed by atoms with Gasteiger partial charge in [0.1, 0.15) is 11.5 Å². The normalized spacial score (nSPS) is 11.0. The number of aromatic hydroxyl groups is 2. The van der Waals surface area contributed by atoms with E-state index in [4.69, 9.17) is 0 Å². The number of phenols is 2. The van der Waals surface area contributed by atoms with E-state index >= 15 is 0 Å². The summed E-state index contributed by atoms with van der Waals surface area (Å²) in [6.45, 7) is 7.56. The molecule has 3 N–H and O–H groups in total. The first-order valence-electron chi connectivity index (χ1n) is 9.12. The van der Waals surface area contributed by atoms with Gasteiger partial charge in [0.25, 0.3) is 0 Å². The average Bonchev–Trinajstić information content (AvgIpc) is 2.63. The van der Waals surface area contributed by atoms with Gasteiger partial charge in [-0.05, 0) is 56.5 Å². The summed E-state index contributed by atoms with van der Waals surface area (Å²) in [5.74, 6) is -1.23. The lowest BCUT2D eigenvalue weighted by atomic mass is 9.81. The van der Waals surface area contributed by atoms with Crippen LogP contribution in [0.3, 0.4) is 0 Å². The third-order valence-electron chi connectivity index (χ3n) is 5.04. The van der Waals surface area contributed by atoms with E-state index in [9.17, 15) is 20.1 Å². The van der Waals surface area contributed by atoms with Crippen LogP contribution in [0.1, 0.15) is 55.2 Å². The summed E-state index contributed by atoms with van der Waals surface area (Å²) in [6.07, 6.45) is 0. The van der Waals surface area contributed by atoms with Gasteiger partial charge in [-0.25, -0.2) is 4.79 Å². The second-order valence-corrected chi connectivity index (χ2v) is 7.40. The molecule has 0 aromatic heterocycles. The van der Waals surface area contributed by atoms with Crippen molar-refractivity contribution in [2.75, 3.05) is 0 Å². The minimum absolute atomic E-state index is 0.148. The second-order valence-electron chi connectivity index (χ2n) is 7.40. The molecule has 3 aromatic carbocycles. The van der Waals surface area contributed by atoms with E-state index in [1.807, 2.05) is 58.0 Å². The first-order chi connectivity index (χ1) is 13.2. The number of benzene rings is 3. The van der Waals surface area contributed by atoms with E-state index in [2.05, 4.69) is 0 Å². The van der Waals surface area contributed by atoms with Crippen molar-refractivity contribution in [3.8, 4) is 11.5 Å². The van der Waals surface area contributed by atoms with Gasteiger partial charge in [-0.15, -0.1) is 0 Å². The smallest absolute Gasteiger partial charge is 0.335 e. The van der Waals surface area contributed by atoms with Gasteiger partial charge in [-0.3, -0.25) is 0 Å². The van der Waals surface area contributed by atoms with Crippen LogP contribution in [-0.4, -0.2) is 21.3 Å². The topological polar surface area (TPSA) is 77.8 Å². The predicted octanol–water partition coefficient (Wildman–Crippen LogP) is 5.21. The van der Waals surface area contributed by atoms with Crippen LogP contribution in [0, 0.1) is 27.7 Å². The van der Waals surface area contributed by atoms with Crippen LogP contribution in [0.25, 0.3) is 0 Å². The molecular formula is C24H24O4. The zero-order chi connectivity index (χ0) is 20.6. The summed E-state index contributed by atoms with van der Waals surface area (Å²) in [5.41, 5.74) is 5.56. The Morgan fingerprint density at radius 1 is 0.786 bits per heavy atom. The van der Waals surface area contributed by atoms with Crippen molar-refractivity contribution in [1.29, 1.82) is 0 Å². The van der Waals surface area contributed by atoms with Crippen LogP contribution < -0.4 is 0 Å². The minimum Gasteiger partial charge on any atom is -0.507 e. The van der Waals surface area contributed by atoms with Gasteiger partial charge < -0.3 is 15.3 Å². The third kappa shape index (κ3) is 3.58. The monoisotopic (exact) mass is 376 g/mol. The van der Waals surface area contributed by atoms with E-state index in [0.717, 1.165) is 22.3 Å². The summed E-state index contributed by atoms with van der Waals surface area (Å²) in [4.78, 5) is 11.5. The Hall–Kier alpha value is -3.27. The summed E-state index contributed by atoms with van der Waals surface area (Å²) >= 11 is 0. The highest BCUT2D eigenvalue weighted by Gasteiger charge is 2.25. The molecule has 3 rings (SSSR count). The Morgan fingerprint density at radius 3 is 1.75 bits per heavy atom. The zero-order valence-electron chi connectivity index (χ0n) is 16.4. The largest absolute Gasteiger partial charge is 0.507 e. The van der Waals surface area contributed by atoms with Crippen LogP contribution in [-0.2, 0) is 0 Å². The fourth-order valence-corrected chi connectivity index (χ4v) is 3.80. The van der Waals surface area contributed by atoms with Crippen LogP contribution in [0.4, 0.5) is 0 Å². The van der Waals surface area contributed by atoms with Crippen molar-refractivity contribution >= 4 is 5.97 Å². The molecule has 0 aliphatic heterocycles. The number of carbonyl (C=O) groups is 1. The van der Waals surface area contributed by atoms with Crippen molar-refractivity contribution in [1.82, 2.24) is 0 Å². The maximum absolute atomic E-state index is 11.5. The average molecular weight is 376 g/mol. The second kappa shape index (κ2) is 7.39. The fraction of sp³-hybridized carbons (Fsp3) is 0.208. The van der Waals surface area contributed by atoms with Gasteiger partial charge in [-0.1, -0.05) is 47.5 Å². The van der Waals surface area contributed by atoms with E-state index in [-0.39, 0.29) is 17.1 Å². The Bertz CT molecular complexity index is 1010. The molecule has 0 saturated heterocycles. The summed E-state index contributed by atoms with van der Waals surface area (Å²) in [5, 5.41) is 31.1. The molecule has 0 heterocycles. The molecule has 0 aliphatic rings. The Kier molecular flexibility index (Phi) is 5.14. The molecule has 0 amide bonds. The highest BCUT2D eigenvalue weighted by molar-refractivity contribution is 5.88. The Labute approximate surface area is 164 Å². The van der Waals surface area contributed by atoms with Crippen molar-refractivity contribution in [3.63, 3.8) is 0 Å². The number of hydrogen-bond acceptors (Lipinski definition) is 3. The van der Waals surface area contributed by atoms with Gasteiger partial charge in [0, 0.05) is 17.0 Å². The molecule has 0 bridgehead atoms. The lowest BCUT2D eigenvalue weighted by Crippen LogP contribution is -2.08. The quantitative estimate of drug-likeness (QED) is 0.546. The van der Waals surface area contributed by atoms with Crippen molar-refractivity contribution in [2.24, 2.45) is 0 Å². The van der Waals surface area contributed by atoms with Crippen LogP contribution >= 0.6 is 0 Å². The first kappa shape index (κ1) is 19.5. The molecule has 3 aromatic rings. The number of aromatic carboxylic acids is 1. The summed E-state index contributed by atoms with van der Waals surface area (Å²) in [7, 11) is 0. The standard InChI is InChI=1S/C24H24O4/c1-13-8-15(3)22(25)19(10-13)21(17-6-5-7-18(12-17)24(27)28)20-11-14(2)9-16(4)23(20)26/h5-12,21,25-26H,1-4H3,(H,27,28). The number of carboxylic acid groups (broad SMARTS) is 1. The lowest BCUT2D eigenvalue weighted by Gasteiger charge is -2.24. The van der Waals surface area contributed by atoms with Gasteiger partial charge in [-0.2, -0.15) is 0 Å². The molecule has 0 spiro atoms. The third-order valence-corrected chi connectivity index (χ3v) is 5.04. The highest BCUT2D eigenvalue weighted by atomic mass is 16.4. The molecule has 0 unspecified atom stereocenters. The number of carboxylic acids is 1. The molecule has 0 saturated carbocycles. The first-order valence-corrected chi connectivity index (χ1v) is 9.12. The van der Waals surface area contributed by atoms with Gasteiger partial charge in [0.2, 0.25) is 0 Å². The van der Waals surface area contributed by atoms with Crippen LogP contribution in [0.5, 0.6) is 11.5 Å². The molecule has 0 radical (unpaired) electrons. The maximum Gasteiger partial charge on any atom is 0.335 e. The van der Waals surface area contributed by atoms with Crippen molar-refractivity contribution < 1.29 is 20.1 Å². The molecule has 0 fully saturated rings. The van der Waals surface area contributed by atoms with Gasteiger partial charge >= 0.3 is 5.97 Å². The predicted molar refractivity (Wildman–Crippen MR) is 110 cm³/mol. The van der Waals surface area contributed by atoms with Crippen LogP contribution in [0.15, 0.2) is 48.5 Å². The van der Waals surface area contributed by atoms with E-state index in [0.29, 0.717) is 16.7 Å². The van der Waals surface area contributed by atoms with Crippen molar-refractivity contribution in [2.45, 2.75) is 33.6 Å². The molecule has 0 aliphatic carbocycles. The van der Waals surface area contributed by atoms with Crippen LogP contribution in [0.2, 0.25) is 0 Å². The van der Waals surface area contributed by atoms with Gasteiger partial charge in [0.15, 0.2) is 0 Å². The van der Waals surface area contributed by atoms with E-state index in [1.54, 1.807) is 12.1 Å². The molecule has 0 atom stereocenters. The SMILES string of the molecule is Cc1cc(C)c(O)c(C(c2cccc(C(=O)O)c2)c2cc(C)cc(C)c2O)c1. The summed E-state index contributed by atoms with van der Waals surface area (Å²) < 4.78 is 0. The van der Waals surface area contributed by atoms with E-state index < -0.39 is 11.9 Å². The number of aryl methyl sites for hydroxylation is 4. The van der Waals surface area contributed by atoms with Gasteiger partial charge in [0.05, 0.1) is 5.56 Å². The Morgan fingerprint density at radius 2 is 1.29 bits per heavy atom. The number of hydrogen-bond donors (Lipinski definition) is 3. The number of phenolic OH excluding ortho intramolecular Hbond substituents is 2. The fourth-order valence-electron chi connectivity index (χ4n) is 3.80. The number of rotatable bonds is 4. The lowest BCUT2D eigenvalue weighted by molar-refractivity contribution is 0.0696. The van der Waals surface area contributed by atoms with Crippen molar-refractivity contribution in [3.05, 3.63) is 93.0 Å². The molecule has 144 valence electrons. The molecule has 4 nitrogen and oxygen atoms in total.